The molecule has 6 nitrogen and oxygen atoms in total. The summed E-state index contributed by atoms with van der Waals surface area (Å²) in [5.41, 5.74) is 2.06. The third-order valence-electron chi connectivity index (χ3n) is 2.95. The van der Waals surface area contributed by atoms with Crippen LogP contribution in [-0.2, 0) is 14.8 Å². The molecule has 0 heterocycles. The van der Waals surface area contributed by atoms with Crippen LogP contribution in [0.3, 0.4) is 0 Å². The van der Waals surface area contributed by atoms with E-state index < -0.39 is 28.3 Å². The van der Waals surface area contributed by atoms with Crippen molar-refractivity contribution >= 4 is 33.2 Å². The number of rotatable bonds is 5. The molecule has 2 aromatic carbocycles. The van der Waals surface area contributed by atoms with Crippen LogP contribution in [0, 0.1) is 5.82 Å². The van der Waals surface area contributed by atoms with E-state index in [-0.39, 0.29) is 10.6 Å². The molecule has 23 heavy (non-hydrogen) atoms. The minimum atomic E-state index is -4.10. The quantitative estimate of drug-likeness (QED) is 0.483. The molecule has 2 rings (SSSR count). The molecule has 122 valence electrons. The first-order valence-corrected chi connectivity index (χ1v) is 8.19. The first kappa shape index (κ1) is 17.2. The Bertz CT molecular complexity index is 812. The largest absolute Gasteiger partial charge is 0.293 e. The van der Waals surface area contributed by atoms with Gasteiger partial charge >= 0.3 is 0 Å². The molecule has 0 saturated carbocycles. The maximum Gasteiger partial charge on any atom is 0.264 e. The summed E-state index contributed by atoms with van der Waals surface area (Å²) in [6.07, 6.45) is 0. The molecular formula is C14H13ClFN3O3S. The molecule has 9 heteroatoms. The smallest absolute Gasteiger partial charge is 0.264 e. The van der Waals surface area contributed by atoms with E-state index in [4.69, 9.17) is 17.4 Å². The number of hydrogen-bond acceptors (Lipinski definition) is 4. The molecule has 0 aliphatic heterocycles. The zero-order valence-electron chi connectivity index (χ0n) is 11.7. The van der Waals surface area contributed by atoms with E-state index in [0.29, 0.717) is 5.02 Å². The predicted octanol–water partition coefficient (Wildman–Crippen LogP) is 1.66. The minimum Gasteiger partial charge on any atom is -0.293 e. The molecule has 0 saturated heterocycles. The van der Waals surface area contributed by atoms with Crippen molar-refractivity contribution in [2.75, 3.05) is 10.8 Å². The van der Waals surface area contributed by atoms with Crippen LogP contribution >= 0.6 is 11.6 Å². The summed E-state index contributed by atoms with van der Waals surface area (Å²) in [5, 5.41) is 0.301. The number of nitrogens with two attached hydrogens (primary N) is 1. The molecule has 0 fully saturated rings. The van der Waals surface area contributed by atoms with Crippen LogP contribution in [0.1, 0.15) is 0 Å². The van der Waals surface area contributed by atoms with Gasteiger partial charge in [-0.25, -0.2) is 18.7 Å². The van der Waals surface area contributed by atoms with Gasteiger partial charge in [0.05, 0.1) is 10.6 Å². The highest BCUT2D eigenvalue weighted by atomic mass is 35.5. The van der Waals surface area contributed by atoms with Gasteiger partial charge in [-0.2, -0.15) is 0 Å². The highest BCUT2D eigenvalue weighted by Gasteiger charge is 2.27. The van der Waals surface area contributed by atoms with Crippen molar-refractivity contribution in [2.24, 2.45) is 5.84 Å². The third-order valence-corrected chi connectivity index (χ3v) is 4.97. The highest BCUT2D eigenvalue weighted by molar-refractivity contribution is 7.92. The lowest BCUT2D eigenvalue weighted by Crippen LogP contribution is -2.43. The Balaban J connectivity index is 2.51. The molecule has 0 aromatic heterocycles. The lowest BCUT2D eigenvalue weighted by Gasteiger charge is -2.23. The van der Waals surface area contributed by atoms with Crippen molar-refractivity contribution in [3.8, 4) is 0 Å². The van der Waals surface area contributed by atoms with Crippen LogP contribution < -0.4 is 15.6 Å². The number of sulfonamides is 1. The molecule has 3 N–H and O–H groups in total. The van der Waals surface area contributed by atoms with Gasteiger partial charge in [-0.1, -0.05) is 17.7 Å². The summed E-state index contributed by atoms with van der Waals surface area (Å²) in [4.78, 5) is 11.4. The number of benzene rings is 2. The lowest BCUT2D eigenvalue weighted by molar-refractivity contribution is -0.119. The zero-order chi connectivity index (χ0) is 17.0. The number of nitrogens with one attached hydrogen (secondary N) is 1. The predicted molar refractivity (Wildman–Crippen MR) is 84.7 cm³/mol. The monoisotopic (exact) mass is 357 g/mol. The van der Waals surface area contributed by atoms with Crippen molar-refractivity contribution in [3.05, 3.63) is 59.4 Å². The summed E-state index contributed by atoms with van der Waals surface area (Å²) in [6.45, 7) is -0.545. The van der Waals surface area contributed by atoms with Crippen LogP contribution in [0.5, 0.6) is 0 Å². The Kier molecular flexibility index (Phi) is 5.19. The van der Waals surface area contributed by atoms with Crippen molar-refractivity contribution in [1.82, 2.24) is 5.43 Å². The molecule has 1 amide bonds. The lowest BCUT2D eigenvalue weighted by atomic mass is 10.3. The number of nitrogens with zero attached hydrogens (tertiary/aromatic N) is 1. The van der Waals surface area contributed by atoms with E-state index in [1.807, 2.05) is 5.43 Å². The van der Waals surface area contributed by atoms with Crippen LogP contribution in [-0.4, -0.2) is 20.9 Å². The van der Waals surface area contributed by atoms with Gasteiger partial charge in [-0.3, -0.25) is 14.5 Å². The average Bonchev–Trinajstić information content (AvgIpc) is 2.52. The van der Waals surface area contributed by atoms with Crippen molar-refractivity contribution < 1.29 is 17.6 Å². The van der Waals surface area contributed by atoms with Crippen molar-refractivity contribution in [3.63, 3.8) is 0 Å². The van der Waals surface area contributed by atoms with Gasteiger partial charge in [0, 0.05) is 5.02 Å². The summed E-state index contributed by atoms with van der Waals surface area (Å²) < 4.78 is 39.3. The normalized spacial score (nSPS) is 11.1. The van der Waals surface area contributed by atoms with Gasteiger partial charge in [-0.15, -0.1) is 0 Å². The van der Waals surface area contributed by atoms with Gasteiger partial charge in [0.15, 0.2) is 0 Å². The second-order valence-corrected chi connectivity index (χ2v) is 6.81. The Hall–Kier alpha value is -2.16. The number of carbonyl (C=O) groups is 1. The van der Waals surface area contributed by atoms with E-state index in [2.05, 4.69) is 0 Å². The number of hydrogen-bond donors (Lipinski definition) is 2. The molecule has 0 atom stereocenters. The molecule has 0 aliphatic carbocycles. The average molecular weight is 358 g/mol. The van der Waals surface area contributed by atoms with Crippen molar-refractivity contribution in [2.45, 2.75) is 4.90 Å². The van der Waals surface area contributed by atoms with Gasteiger partial charge in [0.25, 0.3) is 15.9 Å². The zero-order valence-corrected chi connectivity index (χ0v) is 13.3. The Morgan fingerprint density at radius 2 is 1.87 bits per heavy atom. The van der Waals surface area contributed by atoms with Gasteiger partial charge in [0.1, 0.15) is 12.4 Å². The number of hydrazine groups is 1. The Labute approximate surface area is 137 Å². The van der Waals surface area contributed by atoms with Crippen LogP contribution in [0.2, 0.25) is 5.02 Å². The fourth-order valence-electron chi connectivity index (χ4n) is 1.86. The topological polar surface area (TPSA) is 92.5 Å². The van der Waals surface area contributed by atoms with E-state index in [1.54, 1.807) is 12.1 Å². The second-order valence-electron chi connectivity index (χ2n) is 4.51. The molecule has 0 radical (unpaired) electrons. The number of anilines is 1. The van der Waals surface area contributed by atoms with Gasteiger partial charge in [-0.05, 0) is 42.5 Å². The van der Waals surface area contributed by atoms with E-state index in [9.17, 15) is 17.6 Å². The van der Waals surface area contributed by atoms with Gasteiger partial charge in [0.2, 0.25) is 0 Å². The highest BCUT2D eigenvalue weighted by Crippen LogP contribution is 2.26. The molecule has 0 bridgehead atoms. The SMILES string of the molecule is NNC(=O)CN(c1cccc(Cl)c1)S(=O)(=O)c1ccc(F)cc1. The standard InChI is InChI=1S/C14H13ClFN3O3S/c15-10-2-1-3-12(8-10)19(9-14(20)18-17)23(21,22)13-6-4-11(16)5-7-13/h1-8H,9,17H2,(H,18,20). The summed E-state index contributed by atoms with van der Waals surface area (Å²) in [5.74, 6) is 3.75. The first-order valence-electron chi connectivity index (χ1n) is 6.38. The summed E-state index contributed by atoms with van der Waals surface area (Å²) in [6, 6.07) is 10.3. The summed E-state index contributed by atoms with van der Waals surface area (Å²) in [7, 11) is -4.10. The van der Waals surface area contributed by atoms with Crippen LogP contribution in [0.15, 0.2) is 53.4 Å². The minimum absolute atomic E-state index is 0.163. The maximum absolute atomic E-state index is 13.0. The fraction of sp³-hybridized carbons (Fsp3) is 0.0714. The first-order chi connectivity index (χ1) is 10.8. The van der Waals surface area contributed by atoms with E-state index in [0.717, 1.165) is 28.6 Å². The second kappa shape index (κ2) is 6.95. The Morgan fingerprint density at radius 1 is 1.22 bits per heavy atom. The molecule has 0 unspecified atom stereocenters. The van der Waals surface area contributed by atoms with E-state index >= 15 is 0 Å². The Morgan fingerprint density at radius 3 is 2.43 bits per heavy atom. The third kappa shape index (κ3) is 3.98. The summed E-state index contributed by atoms with van der Waals surface area (Å²) >= 11 is 5.88. The maximum atomic E-state index is 13.0. The van der Waals surface area contributed by atoms with Crippen molar-refractivity contribution in [1.29, 1.82) is 0 Å². The molecule has 2 aromatic rings. The number of amides is 1. The van der Waals surface area contributed by atoms with Crippen LogP contribution in [0.25, 0.3) is 0 Å². The molecular weight excluding hydrogens is 345 g/mol. The molecule has 0 spiro atoms. The number of carbonyl (C=O) groups excluding carboxylic acids is 1. The number of halogens is 2. The van der Waals surface area contributed by atoms with E-state index in [1.165, 1.54) is 12.1 Å². The van der Waals surface area contributed by atoms with Gasteiger partial charge < -0.3 is 0 Å². The van der Waals surface area contributed by atoms with Crippen LogP contribution in [0.4, 0.5) is 10.1 Å². The fourth-order valence-corrected chi connectivity index (χ4v) is 3.45. The molecule has 0 aliphatic rings.